The van der Waals surface area contributed by atoms with Crippen molar-refractivity contribution in [3.63, 3.8) is 0 Å². The summed E-state index contributed by atoms with van der Waals surface area (Å²) in [7, 11) is 0. The highest BCUT2D eigenvalue weighted by Crippen LogP contribution is 2.31. The van der Waals surface area contributed by atoms with E-state index in [0.717, 1.165) is 24.1 Å². The minimum atomic E-state index is -0.239. The highest BCUT2D eigenvalue weighted by Gasteiger charge is 2.26. The lowest BCUT2D eigenvalue weighted by molar-refractivity contribution is 0.220. The zero-order chi connectivity index (χ0) is 14.7. The van der Waals surface area contributed by atoms with Crippen LogP contribution in [0.2, 0.25) is 0 Å². The summed E-state index contributed by atoms with van der Waals surface area (Å²) in [5.74, 6) is 0.694. The van der Waals surface area contributed by atoms with Gasteiger partial charge in [-0.25, -0.2) is 4.39 Å². The predicted molar refractivity (Wildman–Crippen MR) is 81.3 cm³/mol. The molecular weight excluding hydrogens is 253 g/mol. The largest absolute Gasteiger partial charge is 0.394 e. The van der Waals surface area contributed by atoms with Crippen molar-refractivity contribution >= 4 is 5.69 Å². The van der Waals surface area contributed by atoms with Crippen molar-refractivity contribution in [1.29, 1.82) is 0 Å². The number of aliphatic hydroxyl groups excluding tert-OH is 1. The Kier molecular flexibility index (Phi) is 4.81. The molecule has 0 fully saturated rings. The maximum absolute atomic E-state index is 13.4. The van der Waals surface area contributed by atoms with Crippen molar-refractivity contribution in [3.8, 4) is 0 Å². The number of hydrogen-bond acceptors (Lipinski definition) is 2. The fourth-order valence-corrected chi connectivity index (χ4v) is 3.25. The second-order valence-electron chi connectivity index (χ2n) is 6.14. The van der Waals surface area contributed by atoms with Gasteiger partial charge in [-0.1, -0.05) is 18.6 Å². The summed E-state index contributed by atoms with van der Waals surface area (Å²) < 4.78 is 13.4. The predicted octanol–water partition coefficient (Wildman–Crippen LogP) is 3.90. The second kappa shape index (κ2) is 6.40. The van der Waals surface area contributed by atoms with Gasteiger partial charge in [0, 0.05) is 5.69 Å². The quantitative estimate of drug-likeness (QED) is 0.818. The molecule has 0 radical (unpaired) electrons. The third-order valence-electron chi connectivity index (χ3n) is 3.99. The Labute approximate surface area is 120 Å². The average Bonchev–Trinajstić information content (AvgIpc) is 2.33. The third kappa shape index (κ3) is 3.83. The Morgan fingerprint density at radius 3 is 2.70 bits per heavy atom. The van der Waals surface area contributed by atoms with Crippen LogP contribution in [-0.4, -0.2) is 17.8 Å². The number of benzene rings is 1. The minimum absolute atomic E-state index is 0.0256. The molecule has 0 saturated carbocycles. The highest BCUT2D eigenvalue weighted by molar-refractivity contribution is 5.47. The van der Waals surface area contributed by atoms with Crippen molar-refractivity contribution in [2.24, 2.45) is 11.8 Å². The molecule has 1 aliphatic carbocycles. The molecule has 0 spiro atoms. The van der Waals surface area contributed by atoms with Gasteiger partial charge in [-0.2, -0.15) is 0 Å². The molecular formula is C17H24FNO. The first-order chi connectivity index (χ1) is 9.47. The number of allylic oxidation sites excluding steroid dienone is 2. The topological polar surface area (TPSA) is 32.3 Å². The lowest BCUT2D eigenvalue weighted by Crippen LogP contribution is -2.35. The van der Waals surface area contributed by atoms with E-state index in [9.17, 15) is 9.50 Å². The van der Waals surface area contributed by atoms with Crippen LogP contribution >= 0.6 is 0 Å². The smallest absolute Gasteiger partial charge is 0.125 e. The maximum atomic E-state index is 13.4. The first-order valence-corrected chi connectivity index (χ1v) is 7.30. The molecule has 0 heterocycles. The molecule has 1 aromatic carbocycles. The van der Waals surface area contributed by atoms with Gasteiger partial charge in [0.15, 0.2) is 0 Å². The standard InChI is InChI=1S/C17H24FNO/c1-11-4-12(2)6-14(5-11)17(10-20)19-16-8-13(3)7-15(18)9-16/h4,7-9,11,14,17,19-20H,5-6,10H2,1-3H3. The van der Waals surface area contributed by atoms with Crippen LogP contribution in [0.1, 0.15) is 32.3 Å². The van der Waals surface area contributed by atoms with Gasteiger partial charge in [0.25, 0.3) is 0 Å². The van der Waals surface area contributed by atoms with Crippen LogP contribution in [0.3, 0.4) is 0 Å². The van der Waals surface area contributed by atoms with Gasteiger partial charge in [-0.3, -0.25) is 0 Å². The van der Waals surface area contributed by atoms with E-state index < -0.39 is 0 Å². The van der Waals surface area contributed by atoms with Crippen molar-refractivity contribution in [3.05, 3.63) is 41.2 Å². The van der Waals surface area contributed by atoms with Gasteiger partial charge in [0.05, 0.1) is 12.6 Å². The number of aryl methyl sites for hydroxylation is 1. The van der Waals surface area contributed by atoms with Gasteiger partial charge in [-0.15, -0.1) is 0 Å². The van der Waals surface area contributed by atoms with Crippen LogP contribution in [0, 0.1) is 24.6 Å². The second-order valence-corrected chi connectivity index (χ2v) is 6.14. The fourth-order valence-electron chi connectivity index (χ4n) is 3.25. The SMILES string of the molecule is CC1=CC(C)CC(C(CO)Nc2cc(C)cc(F)c2)C1. The van der Waals surface area contributed by atoms with Gasteiger partial charge < -0.3 is 10.4 Å². The first kappa shape index (κ1) is 15.0. The molecule has 1 aliphatic rings. The summed E-state index contributed by atoms with van der Waals surface area (Å²) in [5, 5.41) is 13.0. The molecule has 0 aromatic heterocycles. The molecule has 3 heteroatoms. The Hall–Kier alpha value is -1.35. The molecule has 3 atom stereocenters. The van der Waals surface area contributed by atoms with Crippen LogP contribution in [0.4, 0.5) is 10.1 Å². The van der Waals surface area contributed by atoms with Crippen molar-refractivity contribution < 1.29 is 9.50 Å². The van der Waals surface area contributed by atoms with Crippen LogP contribution in [0.5, 0.6) is 0 Å². The molecule has 3 unspecified atom stereocenters. The van der Waals surface area contributed by atoms with E-state index in [4.69, 9.17) is 0 Å². The summed E-state index contributed by atoms with van der Waals surface area (Å²) in [5.41, 5.74) is 3.02. The minimum Gasteiger partial charge on any atom is -0.394 e. The van der Waals surface area contributed by atoms with Crippen LogP contribution in [0.15, 0.2) is 29.8 Å². The summed E-state index contributed by atoms with van der Waals surface area (Å²) in [6, 6.07) is 4.89. The molecule has 0 saturated heterocycles. The first-order valence-electron chi connectivity index (χ1n) is 7.30. The zero-order valence-electron chi connectivity index (χ0n) is 12.5. The molecule has 20 heavy (non-hydrogen) atoms. The van der Waals surface area contributed by atoms with E-state index in [1.54, 1.807) is 0 Å². The molecule has 0 bridgehead atoms. The van der Waals surface area contributed by atoms with Crippen molar-refractivity contribution in [2.75, 3.05) is 11.9 Å². The number of nitrogens with one attached hydrogen (secondary N) is 1. The Balaban J connectivity index is 2.11. The molecule has 2 rings (SSSR count). The summed E-state index contributed by atoms with van der Waals surface area (Å²) in [4.78, 5) is 0. The van der Waals surface area contributed by atoms with Gasteiger partial charge in [0.2, 0.25) is 0 Å². The van der Waals surface area contributed by atoms with Crippen LogP contribution in [-0.2, 0) is 0 Å². The normalized spacial score (nSPS) is 24.1. The average molecular weight is 277 g/mol. The van der Waals surface area contributed by atoms with Gasteiger partial charge in [0.1, 0.15) is 5.82 Å². The van der Waals surface area contributed by atoms with E-state index in [2.05, 4.69) is 25.2 Å². The summed E-state index contributed by atoms with van der Waals surface area (Å²) in [6.07, 6.45) is 4.36. The number of aliphatic hydroxyl groups is 1. The van der Waals surface area contributed by atoms with Crippen LogP contribution < -0.4 is 5.32 Å². The number of anilines is 1. The van der Waals surface area contributed by atoms with Crippen LogP contribution in [0.25, 0.3) is 0 Å². The Bertz CT molecular complexity index is 478. The maximum Gasteiger partial charge on any atom is 0.125 e. The van der Waals surface area contributed by atoms with Gasteiger partial charge in [-0.05, 0) is 62.3 Å². The van der Waals surface area contributed by atoms with E-state index >= 15 is 0 Å². The molecule has 1 aromatic rings. The summed E-state index contributed by atoms with van der Waals surface area (Å²) in [6.45, 7) is 6.29. The Morgan fingerprint density at radius 1 is 1.35 bits per heavy atom. The van der Waals surface area contributed by atoms with E-state index in [1.807, 2.05) is 13.0 Å². The molecule has 0 aliphatic heterocycles. The van der Waals surface area contributed by atoms with Crippen molar-refractivity contribution in [2.45, 2.75) is 39.7 Å². The zero-order valence-corrected chi connectivity index (χ0v) is 12.5. The third-order valence-corrected chi connectivity index (χ3v) is 3.99. The van der Waals surface area contributed by atoms with Gasteiger partial charge >= 0.3 is 0 Å². The number of halogens is 1. The van der Waals surface area contributed by atoms with E-state index in [-0.39, 0.29) is 18.5 Å². The number of hydrogen-bond donors (Lipinski definition) is 2. The molecule has 110 valence electrons. The lowest BCUT2D eigenvalue weighted by Gasteiger charge is -2.32. The van der Waals surface area contributed by atoms with E-state index in [0.29, 0.717) is 11.8 Å². The molecule has 2 N–H and O–H groups in total. The highest BCUT2D eigenvalue weighted by atomic mass is 19.1. The summed E-state index contributed by atoms with van der Waals surface area (Å²) >= 11 is 0. The van der Waals surface area contributed by atoms with E-state index in [1.165, 1.54) is 17.7 Å². The fraction of sp³-hybridized carbons (Fsp3) is 0.529. The Morgan fingerprint density at radius 2 is 2.10 bits per heavy atom. The monoisotopic (exact) mass is 277 g/mol. The lowest BCUT2D eigenvalue weighted by atomic mass is 9.79. The molecule has 2 nitrogen and oxygen atoms in total. The molecule has 0 amide bonds. The van der Waals surface area contributed by atoms with Crippen molar-refractivity contribution in [1.82, 2.24) is 0 Å². The number of rotatable bonds is 4.